The maximum atomic E-state index is 9.46. The smallest absolute Gasteiger partial charge is 0.0703 e. The second-order valence-corrected chi connectivity index (χ2v) is 4.71. The van der Waals surface area contributed by atoms with Gasteiger partial charge < -0.3 is 10.0 Å². The topological polar surface area (TPSA) is 36.4 Å². The predicted octanol–water partition coefficient (Wildman–Crippen LogP) is 2.66. The van der Waals surface area contributed by atoms with E-state index in [1.807, 2.05) is 12.3 Å². The molecule has 92 valence electrons. The Morgan fingerprint density at radius 3 is 2.94 bits per heavy atom. The fraction of sp³-hybridized carbons (Fsp3) is 0.267. The summed E-state index contributed by atoms with van der Waals surface area (Å²) >= 11 is 0. The standard InChI is InChI=1S/C15H16N2O/c1-11-8-12-4-2-3-5-14(12)17(11)15-9-16-7-6-13(15)10-18/h2-7,9,11,18H,8,10H2,1H3. The van der Waals surface area contributed by atoms with Gasteiger partial charge in [0.25, 0.3) is 0 Å². The lowest BCUT2D eigenvalue weighted by atomic mass is 10.1. The lowest BCUT2D eigenvalue weighted by Crippen LogP contribution is -2.25. The predicted molar refractivity (Wildman–Crippen MR) is 71.9 cm³/mol. The zero-order valence-corrected chi connectivity index (χ0v) is 10.4. The summed E-state index contributed by atoms with van der Waals surface area (Å²) in [6.07, 6.45) is 4.60. The van der Waals surface area contributed by atoms with Gasteiger partial charge in [-0.15, -0.1) is 0 Å². The Balaban J connectivity index is 2.12. The van der Waals surface area contributed by atoms with Crippen molar-refractivity contribution in [2.24, 2.45) is 0 Å². The van der Waals surface area contributed by atoms with Crippen LogP contribution in [0.3, 0.4) is 0 Å². The van der Waals surface area contributed by atoms with Gasteiger partial charge in [-0.25, -0.2) is 0 Å². The van der Waals surface area contributed by atoms with Gasteiger partial charge in [0.1, 0.15) is 0 Å². The van der Waals surface area contributed by atoms with Crippen LogP contribution in [-0.2, 0) is 13.0 Å². The molecular formula is C15H16N2O. The normalized spacial score (nSPS) is 17.9. The zero-order valence-electron chi connectivity index (χ0n) is 10.4. The molecule has 1 aromatic carbocycles. The second-order valence-electron chi connectivity index (χ2n) is 4.71. The minimum atomic E-state index is 0.0449. The third-order valence-corrected chi connectivity index (χ3v) is 3.52. The van der Waals surface area contributed by atoms with Crippen LogP contribution in [-0.4, -0.2) is 16.1 Å². The summed E-state index contributed by atoms with van der Waals surface area (Å²) in [6.45, 7) is 2.25. The van der Waals surface area contributed by atoms with Gasteiger partial charge in [0.15, 0.2) is 0 Å². The van der Waals surface area contributed by atoms with E-state index in [1.54, 1.807) is 6.20 Å². The summed E-state index contributed by atoms with van der Waals surface area (Å²) in [5.41, 5.74) is 4.52. The average molecular weight is 240 g/mol. The Bertz CT molecular complexity index is 568. The van der Waals surface area contributed by atoms with Crippen molar-refractivity contribution in [2.75, 3.05) is 4.90 Å². The molecule has 0 fully saturated rings. The number of para-hydroxylation sites is 1. The lowest BCUT2D eigenvalue weighted by molar-refractivity contribution is 0.282. The summed E-state index contributed by atoms with van der Waals surface area (Å²) < 4.78 is 0. The first-order valence-electron chi connectivity index (χ1n) is 6.22. The molecule has 1 aliphatic heterocycles. The van der Waals surface area contributed by atoms with Crippen LogP contribution in [0.2, 0.25) is 0 Å². The van der Waals surface area contributed by atoms with E-state index >= 15 is 0 Å². The number of pyridine rings is 1. The van der Waals surface area contributed by atoms with Gasteiger partial charge in [-0.2, -0.15) is 0 Å². The molecule has 1 atom stereocenters. The van der Waals surface area contributed by atoms with Crippen LogP contribution in [0.4, 0.5) is 11.4 Å². The summed E-state index contributed by atoms with van der Waals surface area (Å²) in [5.74, 6) is 0. The summed E-state index contributed by atoms with van der Waals surface area (Å²) in [7, 11) is 0. The van der Waals surface area contributed by atoms with Crippen molar-refractivity contribution < 1.29 is 5.11 Å². The van der Waals surface area contributed by atoms with Crippen LogP contribution in [0.5, 0.6) is 0 Å². The van der Waals surface area contributed by atoms with E-state index in [0.29, 0.717) is 6.04 Å². The Morgan fingerprint density at radius 2 is 2.11 bits per heavy atom. The molecule has 3 heteroatoms. The SMILES string of the molecule is CC1Cc2ccccc2N1c1cnccc1CO. The van der Waals surface area contributed by atoms with E-state index < -0.39 is 0 Å². The number of aromatic nitrogens is 1. The van der Waals surface area contributed by atoms with Crippen LogP contribution in [0, 0.1) is 0 Å². The first-order chi connectivity index (χ1) is 8.81. The van der Waals surface area contributed by atoms with Crippen molar-refractivity contribution in [1.29, 1.82) is 0 Å². The number of nitrogens with zero attached hydrogens (tertiary/aromatic N) is 2. The number of aliphatic hydroxyl groups is 1. The maximum absolute atomic E-state index is 9.46. The number of hydrogen-bond acceptors (Lipinski definition) is 3. The summed E-state index contributed by atoms with van der Waals surface area (Å²) in [4.78, 5) is 6.46. The van der Waals surface area contributed by atoms with Gasteiger partial charge in [0.2, 0.25) is 0 Å². The van der Waals surface area contributed by atoms with Gasteiger partial charge in [-0.3, -0.25) is 4.98 Å². The molecule has 1 aromatic heterocycles. The lowest BCUT2D eigenvalue weighted by Gasteiger charge is -2.26. The zero-order chi connectivity index (χ0) is 12.5. The Hall–Kier alpha value is -1.87. The summed E-state index contributed by atoms with van der Waals surface area (Å²) in [5, 5.41) is 9.46. The molecule has 2 aromatic rings. The van der Waals surface area contributed by atoms with Gasteiger partial charge in [-0.1, -0.05) is 18.2 Å². The highest BCUT2D eigenvalue weighted by atomic mass is 16.3. The second kappa shape index (κ2) is 4.42. The third-order valence-electron chi connectivity index (χ3n) is 3.52. The highest BCUT2D eigenvalue weighted by Crippen LogP contribution is 2.39. The molecule has 1 aliphatic rings. The van der Waals surface area contributed by atoms with E-state index in [-0.39, 0.29) is 6.61 Å². The highest BCUT2D eigenvalue weighted by Gasteiger charge is 2.28. The van der Waals surface area contributed by atoms with Crippen molar-refractivity contribution in [3.05, 3.63) is 53.9 Å². The number of anilines is 2. The molecule has 2 heterocycles. The van der Waals surface area contributed by atoms with Crippen molar-refractivity contribution in [1.82, 2.24) is 4.98 Å². The van der Waals surface area contributed by atoms with Gasteiger partial charge in [0.05, 0.1) is 18.5 Å². The van der Waals surface area contributed by atoms with Crippen LogP contribution in [0.15, 0.2) is 42.7 Å². The highest BCUT2D eigenvalue weighted by molar-refractivity contribution is 5.72. The molecule has 0 bridgehead atoms. The molecule has 18 heavy (non-hydrogen) atoms. The Morgan fingerprint density at radius 1 is 1.28 bits per heavy atom. The van der Waals surface area contributed by atoms with Crippen molar-refractivity contribution in [3.8, 4) is 0 Å². The third kappa shape index (κ3) is 1.68. The molecule has 3 nitrogen and oxygen atoms in total. The van der Waals surface area contributed by atoms with E-state index in [9.17, 15) is 5.11 Å². The summed E-state index contributed by atoms with van der Waals surface area (Å²) in [6, 6.07) is 10.7. The monoisotopic (exact) mass is 240 g/mol. The van der Waals surface area contributed by atoms with Crippen molar-refractivity contribution in [2.45, 2.75) is 26.0 Å². The fourth-order valence-corrected chi connectivity index (χ4v) is 2.70. The Kier molecular flexibility index (Phi) is 2.76. The van der Waals surface area contributed by atoms with Crippen molar-refractivity contribution in [3.63, 3.8) is 0 Å². The van der Waals surface area contributed by atoms with E-state index in [0.717, 1.165) is 17.7 Å². The van der Waals surface area contributed by atoms with Crippen molar-refractivity contribution >= 4 is 11.4 Å². The Labute approximate surface area is 107 Å². The average Bonchev–Trinajstić information content (AvgIpc) is 2.74. The molecular weight excluding hydrogens is 224 g/mol. The number of hydrogen-bond donors (Lipinski definition) is 1. The fourth-order valence-electron chi connectivity index (χ4n) is 2.70. The number of benzene rings is 1. The van der Waals surface area contributed by atoms with Crippen LogP contribution in [0.1, 0.15) is 18.1 Å². The van der Waals surface area contributed by atoms with E-state index in [2.05, 4.69) is 41.1 Å². The quantitative estimate of drug-likeness (QED) is 0.876. The van der Waals surface area contributed by atoms with Crippen LogP contribution < -0.4 is 4.90 Å². The molecule has 0 amide bonds. The van der Waals surface area contributed by atoms with Crippen LogP contribution in [0.25, 0.3) is 0 Å². The molecule has 0 saturated heterocycles. The molecule has 0 spiro atoms. The van der Waals surface area contributed by atoms with Gasteiger partial charge in [-0.05, 0) is 31.0 Å². The first kappa shape index (κ1) is 11.2. The van der Waals surface area contributed by atoms with E-state index in [4.69, 9.17) is 0 Å². The first-order valence-corrected chi connectivity index (χ1v) is 6.22. The maximum Gasteiger partial charge on any atom is 0.0703 e. The number of rotatable bonds is 2. The molecule has 0 aliphatic carbocycles. The minimum Gasteiger partial charge on any atom is -0.392 e. The molecule has 1 N–H and O–H groups in total. The van der Waals surface area contributed by atoms with Gasteiger partial charge >= 0.3 is 0 Å². The molecule has 0 saturated carbocycles. The number of fused-ring (bicyclic) bond motifs is 1. The largest absolute Gasteiger partial charge is 0.392 e. The molecule has 3 rings (SSSR count). The van der Waals surface area contributed by atoms with Gasteiger partial charge in [0, 0.05) is 23.5 Å². The van der Waals surface area contributed by atoms with Crippen LogP contribution >= 0.6 is 0 Å². The van der Waals surface area contributed by atoms with E-state index in [1.165, 1.54) is 11.3 Å². The molecule has 1 unspecified atom stereocenters. The molecule has 0 radical (unpaired) electrons. The minimum absolute atomic E-state index is 0.0449. The number of aliphatic hydroxyl groups excluding tert-OH is 1.